The number of hydrogen-bond donors (Lipinski definition) is 1. The summed E-state index contributed by atoms with van der Waals surface area (Å²) in [5.74, 6) is 0.0394. The molecular weight excluding hydrogens is 156 g/mol. The van der Waals surface area contributed by atoms with Crippen LogP contribution in [0.3, 0.4) is 0 Å². The number of carbonyl (C=O) groups excluding carboxylic acids is 2. The van der Waals surface area contributed by atoms with Crippen molar-refractivity contribution in [1.29, 1.82) is 0 Å². The standard InChI is InChI=1S/C8H14N2O2/c1-2-6-3-8(12)10(4-6)5-7(9)11/h6H,2-5H2,1H3,(H2,9,11). The van der Waals surface area contributed by atoms with Gasteiger partial charge in [-0.05, 0) is 5.92 Å². The molecule has 1 rings (SSSR count). The van der Waals surface area contributed by atoms with Crippen LogP contribution in [-0.4, -0.2) is 29.8 Å². The van der Waals surface area contributed by atoms with Crippen molar-refractivity contribution in [1.82, 2.24) is 4.90 Å². The summed E-state index contributed by atoms with van der Waals surface area (Å²) in [5.41, 5.74) is 4.99. The van der Waals surface area contributed by atoms with Gasteiger partial charge in [0.05, 0.1) is 6.54 Å². The minimum absolute atomic E-state index is 0.0562. The second-order valence-electron chi connectivity index (χ2n) is 3.22. The maximum absolute atomic E-state index is 11.2. The van der Waals surface area contributed by atoms with Crippen molar-refractivity contribution in [3.05, 3.63) is 0 Å². The van der Waals surface area contributed by atoms with Crippen LogP contribution in [-0.2, 0) is 9.59 Å². The fourth-order valence-electron chi connectivity index (χ4n) is 1.47. The van der Waals surface area contributed by atoms with Gasteiger partial charge in [-0.25, -0.2) is 0 Å². The van der Waals surface area contributed by atoms with E-state index < -0.39 is 5.91 Å². The Morgan fingerprint density at radius 2 is 2.42 bits per heavy atom. The SMILES string of the molecule is CCC1CC(=O)N(CC(N)=O)C1. The summed E-state index contributed by atoms with van der Waals surface area (Å²) >= 11 is 0. The van der Waals surface area contributed by atoms with Crippen LogP contribution < -0.4 is 5.73 Å². The van der Waals surface area contributed by atoms with Crippen LogP contribution in [0.2, 0.25) is 0 Å². The van der Waals surface area contributed by atoms with Crippen LogP contribution in [0.4, 0.5) is 0 Å². The lowest BCUT2D eigenvalue weighted by Gasteiger charge is -2.13. The van der Waals surface area contributed by atoms with Crippen LogP contribution in [0.5, 0.6) is 0 Å². The van der Waals surface area contributed by atoms with Gasteiger partial charge in [0.25, 0.3) is 0 Å². The number of likely N-dealkylation sites (tertiary alicyclic amines) is 1. The van der Waals surface area contributed by atoms with Crippen molar-refractivity contribution in [3.63, 3.8) is 0 Å². The van der Waals surface area contributed by atoms with E-state index in [0.29, 0.717) is 18.9 Å². The summed E-state index contributed by atoms with van der Waals surface area (Å²) in [6.45, 7) is 2.82. The Morgan fingerprint density at radius 1 is 1.75 bits per heavy atom. The molecule has 1 heterocycles. The predicted molar refractivity (Wildman–Crippen MR) is 44.2 cm³/mol. The lowest BCUT2D eigenvalue weighted by Crippen LogP contribution is -2.34. The first-order valence-electron chi connectivity index (χ1n) is 4.19. The maximum Gasteiger partial charge on any atom is 0.237 e. The predicted octanol–water partition coefficient (Wildman–Crippen LogP) is -0.270. The van der Waals surface area contributed by atoms with Crippen LogP contribution in [0.1, 0.15) is 19.8 Å². The number of carbonyl (C=O) groups is 2. The van der Waals surface area contributed by atoms with E-state index in [-0.39, 0.29) is 12.5 Å². The van der Waals surface area contributed by atoms with E-state index in [1.807, 2.05) is 6.92 Å². The van der Waals surface area contributed by atoms with E-state index in [2.05, 4.69) is 0 Å². The van der Waals surface area contributed by atoms with Gasteiger partial charge in [-0.1, -0.05) is 13.3 Å². The van der Waals surface area contributed by atoms with E-state index in [0.717, 1.165) is 6.42 Å². The van der Waals surface area contributed by atoms with Crippen LogP contribution in [0, 0.1) is 5.92 Å². The topological polar surface area (TPSA) is 63.4 Å². The minimum Gasteiger partial charge on any atom is -0.368 e. The van der Waals surface area contributed by atoms with E-state index in [4.69, 9.17) is 5.73 Å². The molecule has 0 aromatic rings. The number of hydrogen-bond acceptors (Lipinski definition) is 2. The Morgan fingerprint density at radius 3 is 2.83 bits per heavy atom. The Labute approximate surface area is 71.7 Å². The van der Waals surface area contributed by atoms with Gasteiger partial charge < -0.3 is 10.6 Å². The largest absolute Gasteiger partial charge is 0.368 e. The Kier molecular flexibility index (Phi) is 2.68. The second-order valence-corrected chi connectivity index (χ2v) is 3.22. The van der Waals surface area contributed by atoms with E-state index in [1.54, 1.807) is 0 Å². The van der Waals surface area contributed by atoms with Crippen molar-refractivity contribution in [2.24, 2.45) is 11.7 Å². The Bertz CT molecular complexity index is 203. The highest BCUT2D eigenvalue weighted by atomic mass is 16.2. The molecule has 0 aromatic carbocycles. The summed E-state index contributed by atoms with van der Waals surface area (Å²) in [5, 5.41) is 0. The van der Waals surface area contributed by atoms with Crippen LogP contribution in [0.25, 0.3) is 0 Å². The molecular formula is C8H14N2O2. The molecule has 0 bridgehead atoms. The van der Waals surface area contributed by atoms with Crippen LogP contribution in [0.15, 0.2) is 0 Å². The third-order valence-corrected chi connectivity index (χ3v) is 2.22. The first kappa shape index (κ1) is 9.03. The second kappa shape index (κ2) is 3.56. The van der Waals surface area contributed by atoms with Gasteiger partial charge in [-0.15, -0.1) is 0 Å². The fraction of sp³-hybridized carbons (Fsp3) is 0.750. The highest BCUT2D eigenvalue weighted by Crippen LogP contribution is 2.19. The molecule has 1 aliphatic rings. The molecule has 1 fully saturated rings. The molecule has 2 N–H and O–H groups in total. The lowest BCUT2D eigenvalue weighted by atomic mass is 10.1. The molecule has 2 amide bonds. The molecule has 0 spiro atoms. The molecule has 0 saturated carbocycles. The van der Waals surface area contributed by atoms with Crippen molar-refractivity contribution < 1.29 is 9.59 Å². The summed E-state index contributed by atoms with van der Waals surface area (Å²) < 4.78 is 0. The average Bonchev–Trinajstić information content (AvgIpc) is 2.31. The quantitative estimate of drug-likeness (QED) is 0.633. The van der Waals surface area contributed by atoms with Gasteiger partial charge >= 0.3 is 0 Å². The molecule has 1 unspecified atom stereocenters. The molecule has 1 aliphatic heterocycles. The average molecular weight is 170 g/mol. The van der Waals surface area contributed by atoms with Crippen molar-refractivity contribution >= 4 is 11.8 Å². The highest BCUT2D eigenvalue weighted by Gasteiger charge is 2.28. The van der Waals surface area contributed by atoms with Gasteiger partial charge in [0.1, 0.15) is 0 Å². The van der Waals surface area contributed by atoms with E-state index >= 15 is 0 Å². The summed E-state index contributed by atoms with van der Waals surface area (Å²) in [7, 11) is 0. The van der Waals surface area contributed by atoms with Gasteiger partial charge in [0.15, 0.2) is 0 Å². The molecule has 68 valence electrons. The van der Waals surface area contributed by atoms with E-state index in [9.17, 15) is 9.59 Å². The minimum atomic E-state index is -0.430. The smallest absolute Gasteiger partial charge is 0.237 e. The van der Waals surface area contributed by atoms with Crippen molar-refractivity contribution in [2.75, 3.05) is 13.1 Å². The number of nitrogens with zero attached hydrogens (tertiary/aromatic N) is 1. The lowest BCUT2D eigenvalue weighted by molar-refractivity contribution is -0.132. The van der Waals surface area contributed by atoms with Crippen molar-refractivity contribution in [3.8, 4) is 0 Å². The fourth-order valence-corrected chi connectivity index (χ4v) is 1.47. The number of rotatable bonds is 3. The molecule has 0 aliphatic carbocycles. The monoisotopic (exact) mass is 170 g/mol. The third-order valence-electron chi connectivity index (χ3n) is 2.22. The summed E-state index contributed by atoms with van der Waals surface area (Å²) in [4.78, 5) is 23.3. The summed E-state index contributed by atoms with van der Waals surface area (Å²) in [6, 6.07) is 0. The molecule has 0 radical (unpaired) electrons. The summed E-state index contributed by atoms with van der Waals surface area (Å²) in [6.07, 6.45) is 1.56. The first-order valence-corrected chi connectivity index (χ1v) is 4.19. The van der Waals surface area contributed by atoms with Gasteiger partial charge in [0, 0.05) is 13.0 Å². The first-order chi connectivity index (χ1) is 5.63. The molecule has 4 nitrogen and oxygen atoms in total. The zero-order valence-electron chi connectivity index (χ0n) is 7.25. The molecule has 1 atom stereocenters. The number of primary amides is 1. The molecule has 1 saturated heterocycles. The van der Waals surface area contributed by atoms with E-state index in [1.165, 1.54) is 4.90 Å². The molecule has 4 heteroatoms. The number of nitrogens with two attached hydrogens (primary N) is 1. The van der Waals surface area contributed by atoms with Crippen molar-refractivity contribution in [2.45, 2.75) is 19.8 Å². The molecule has 12 heavy (non-hydrogen) atoms. The van der Waals surface area contributed by atoms with Gasteiger partial charge in [0.2, 0.25) is 11.8 Å². The normalized spacial score (nSPS) is 23.2. The van der Waals surface area contributed by atoms with Crippen LogP contribution >= 0.6 is 0 Å². The van der Waals surface area contributed by atoms with Gasteiger partial charge in [-0.3, -0.25) is 9.59 Å². The Hall–Kier alpha value is -1.06. The van der Waals surface area contributed by atoms with Gasteiger partial charge in [-0.2, -0.15) is 0 Å². The Balaban J connectivity index is 2.46. The number of amides is 2. The third kappa shape index (κ3) is 1.96. The highest BCUT2D eigenvalue weighted by molar-refractivity contribution is 5.85. The zero-order valence-corrected chi connectivity index (χ0v) is 7.25. The molecule has 0 aromatic heterocycles. The zero-order chi connectivity index (χ0) is 9.14. The maximum atomic E-state index is 11.2.